The summed E-state index contributed by atoms with van der Waals surface area (Å²) in [5, 5.41) is 2.71. The molecule has 0 radical (unpaired) electrons. The maximum atomic E-state index is 12.9. The van der Waals surface area contributed by atoms with Crippen LogP contribution in [-0.4, -0.2) is 25.0 Å². The van der Waals surface area contributed by atoms with E-state index in [4.69, 9.17) is 9.47 Å². The van der Waals surface area contributed by atoms with Crippen molar-refractivity contribution in [3.63, 3.8) is 0 Å². The van der Waals surface area contributed by atoms with E-state index in [9.17, 15) is 14.0 Å². The van der Waals surface area contributed by atoms with Crippen molar-refractivity contribution in [1.29, 1.82) is 0 Å². The van der Waals surface area contributed by atoms with Crippen LogP contribution < -0.4 is 10.1 Å². The largest absolute Gasteiger partial charge is 0.457 e. The van der Waals surface area contributed by atoms with Gasteiger partial charge >= 0.3 is 5.97 Å². The van der Waals surface area contributed by atoms with Crippen molar-refractivity contribution in [1.82, 2.24) is 5.32 Å². The Balaban J connectivity index is 1.36. The lowest BCUT2D eigenvalue weighted by Gasteiger charge is -2.26. The molecule has 3 aromatic carbocycles. The van der Waals surface area contributed by atoms with Gasteiger partial charge < -0.3 is 14.8 Å². The Morgan fingerprint density at radius 1 is 0.900 bits per heavy atom. The van der Waals surface area contributed by atoms with E-state index in [1.807, 2.05) is 36.4 Å². The van der Waals surface area contributed by atoms with Crippen LogP contribution in [0.4, 0.5) is 4.39 Å². The van der Waals surface area contributed by atoms with Crippen LogP contribution in [0.1, 0.15) is 22.6 Å². The van der Waals surface area contributed by atoms with Gasteiger partial charge in [-0.25, -0.2) is 4.39 Å². The molecule has 30 heavy (non-hydrogen) atoms. The van der Waals surface area contributed by atoms with Crippen molar-refractivity contribution in [2.24, 2.45) is 0 Å². The molecule has 0 bridgehead atoms. The highest BCUT2D eigenvalue weighted by Crippen LogP contribution is 2.44. The van der Waals surface area contributed by atoms with Gasteiger partial charge in [-0.1, -0.05) is 48.5 Å². The zero-order valence-electron chi connectivity index (χ0n) is 16.1. The Bertz CT molecular complexity index is 1020. The molecule has 0 atom stereocenters. The van der Waals surface area contributed by atoms with Crippen molar-refractivity contribution in [2.45, 2.75) is 12.3 Å². The molecule has 1 amide bonds. The average molecular weight is 405 g/mol. The molecule has 3 aromatic rings. The minimum absolute atomic E-state index is 0.300. The van der Waals surface area contributed by atoms with Gasteiger partial charge in [-0.2, -0.15) is 0 Å². The summed E-state index contributed by atoms with van der Waals surface area (Å²) >= 11 is 0. The predicted molar refractivity (Wildman–Crippen MR) is 109 cm³/mol. The first-order chi connectivity index (χ1) is 14.6. The standard InChI is InChI=1S/C24H20FNO4/c25-17-11-9-16(10-12-17)13-14-26-22(27)15-29-24(28)23-18-5-1-3-7-20(18)30-21-8-4-2-6-19(21)23/h1-12,23H,13-15H2,(H,26,27). The van der Waals surface area contributed by atoms with Crippen molar-refractivity contribution in [3.05, 3.63) is 95.3 Å². The number of esters is 1. The van der Waals surface area contributed by atoms with Gasteiger partial charge in [0.05, 0.1) is 0 Å². The average Bonchev–Trinajstić information content (AvgIpc) is 2.77. The Morgan fingerprint density at radius 3 is 2.13 bits per heavy atom. The molecule has 5 nitrogen and oxygen atoms in total. The van der Waals surface area contributed by atoms with Gasteiger partial charge in [0.1, 0.15) is 23.2 Å². The number of amides is 1. The number of nitrogens with one attached hydrogen (secondary N) is 1. The Morgan fingerprint density at radius 2 is 1.50 bits per heavy atom. The topological polar surface area (TPSA) is 64.6 Å². The summed E-state index contributed by atoms with van der Waals surface area (Å²) in [6.07, 6.45) is 0.556. The number of carbonyl (C=O) groups excluding carboxylic acids is 2. The Kier molecular flexibility index (Phi) is 5.75. The predicted octanol–water partition coefficient (Wildman–Crippen LogP) is 3.97. The fourth-order valence-corrected chi connectivity index (χ4v) is 3.43. The number of halogens is 1. The monoisotopic (exact) mass is 405 g/mol. The van der Waals surface area contributed by atoms with Gasteiger partial charge in [-0.05, 0) is 36.2 Å². The smallest absolute Gasteiger partial charge is 0.318 e. The molecule has 152 valence electrons. The summed E-state index contributed by atoms with van der Waals surface area (Å²) in [7, 11) is 0. The third-order valence-corrected chi connectivity index (χ3v) is 4.91. The van der Waals surface area contributed by atoms with Gasteiger partial charge in [0, 0.05) is 17.7 Å². The highest BCUT2D eigenvalue weighted by molar-refractivity contribution is 5.87. The fraction of sp³-hybridized carbons (Fsp3) is 0.167. The number of fused-ring (bicyclic) bond motifs is 2. The second-order valence-corrected chi connectivity index (χ2v) is 6.94. The summed E-state index contributed by atoms with van der Waals surface area (Å²) < 4.78 is 24.1. The molecule has 4 rings (SSSR count). The van der Waals surface area contributed by atoms with E-state index in [1.165, 1.54) is 12.1 Å². The zero-order valence-corrected chi connectivity index (χ0v) is 16.1. The molecule has 0 saturated carbocycles. The highest BCUT2D eigenvalue weighted by atomic mass is 19.1. The van der Waals surface area contributed by atoms with E-state index in [0.29, 0.717) is 35.6 Å². The van der Waals surface area contributed by atoms with Crippen LogP contribution in [0, 0.1) is 5.82 Å². The van der Waals surface area contributed by atoms with Gasteiger partial charge in [0.25, 0.3) is 5.91 Å². The third-order valence-electron chi connectivity index (χ3n) is 4.91. The maximum absolute atomic E-state index is 12.9. The van der Waals surface area contributed by atoms with Crippen LogP contribution in [0.25, 0.3) is 0 Å². The molecular formula is C24H20FNO4. The lowest BCUT2D eigenvalue weighted by molar-refractivity contribution is -0.149. The minimum Gasteiger partial charge on any atom is -0.457 e. The summed E-state index contributed by atoms with van der Waals surface area (Å²) in [6.45, 7) is -0.00507. The first kappa shape index (κ1) is 19.6. The van der Waals surface area contributed by atoms with Crippen molar-refractivity contribution >= 4 is 11.9 Å². The lowest BCUT2D eigenvalue weighted by Crippen LogP contribution is -2.32. The number of carbonyl (C=O) groups is 2. The zero-order chi connectivity index (χ0) is 20.9. The maximum Gasteiger partial charge on any atom is 0.318 e. The summed E-state index contributed by atoms with van der Waals surface area (Å²) in [5.74, 6) is -0.654. The molecule has 1 heterocycles. The van der Waals surface area contributed by atoms with Gasteiger partial charge in [-0.3, -0.25) is 9.59 Å². The van der Waals surface area contributed by atoms with E-state index in [0.717, 1.165) is 5.56 Å². The summed E-state index contributed by atoms with van der Waals surface area (Å²) in [4.78, 5) is 25.0. The molecule has 1 aliphatic rings. The van der Waals surface area contributed by atoms with Crippen LogP contribution in [0.5, 0.6) is 11.5 Å². The van der Waals surface area contributed by atoms with Crippen LogP contribution in [0.15, 0.2) is 72.8 Å². The van der Waals surface area contributed by atoms with Gasteiger partial charge in [-0.15, -0.1) is 0 Å². The molecule has 0 saturated heterocycles. The number of para-hydroxylation sites is 2. The molecule has 0 aromatic heterocycles. The molecule has 0 aliphatic carbocycles. The lowest BCUT2D eigenvalue weighted by atomic mass is 9.88. The molecule has 0 unspecified atom stereocenters. The first-order valence-electron chi connectivity index (χ1n) is 9.65. The number of hydrogen-bond donors (Lipinski definition) is 1. The SMILES string of the molecule is O=C(COC(=O)C1c2ccccc2Oc2ccccc21)NCCc1ccc(F)cc1. The molecule has 0 spiro atoms. The minimum atomic E-state index is -0.654. The van der Waals surface area contributed by atoms with E-state index in [-0.39, 0.29) is 18.3 Å². The molecule has 1 N–H and O–H groups in total. The van der Waals surface area contributed by atoms with E-state index in [2.05, 4.69) is 5.32 Å². The molecule has 6 heteroatoms. The second kappa shape index (κ2) is 8.78. The summed E-state index contributed by atoms with van der Waals surface area (Å²) in [6, 6.07) is 20.7. The van der Waals surface area contributed by atoms with E-state index >= 15 is 0 Å². The van der Waals surface area contributed by atoms with Crippen molar-refractivity contribution < 1.29 is 23.5 Å². The molecular weight excluding hydrogens is 385 g/mol. The number of hydrogen-bond acceptors (Lipinski definition) is 4. The fourth-order valence-electron chi connectivity index (χ4n) is 3.43. The highest BCUT2D eigenvalue weighted by Gasteiger charge is 2.33. The van der Waals surface area contributed by atoms with Crippen molar-refractivity contribution in [2.75, 3.05) is 13.2 Å². The molecule has 1 aliphatic heterocycles. The number of ether oxygens (including phenoxy) is 2. The van der Waals surface area contributed by atoms with E-state index < -0.39 is 11.9 Å². The Hall–Kier alpha value is -3.67. The van der Waals surface area contributed by atoms with Crippen LogP contribution in [0.3, 0.4) is 0 Å². The second-order valence-electron chi connectivity index (χ2n) is 6.94. The first-order valence-corrected chi connectivity index (χ1v) is 9.65. The van der Waals surface area contributed by atoms with Gasteiger partial charge in [0.2, 0.25) is 0 Å². The number of rotatable bonds is 6. The van der Waals surface area contributed by atoms with Crippen molar-refractivity contribution in [3.8, 4) is 11.5 Å². The van der Waals surface area contributed by atoms with Crippen LogP contribution >= 0.6 is 0 Å². The normalized spacial score (nSPS) is 12.3. The van der Waals surface area contributed by atoms with Crippen LogP contribution in [-0.2, 0) is 20.7 Å². The van der Waals surface area contributed by atoms with E-state index in [1.54, 1.807) is 24.3 Å². The quantitative estimate of drug-likeness (QED) is 0.631. The van der Waals surface area contributed by atoms with Gasteiger partial charge in [0.15, 0.2) is 6.61 Å². The molecule has 0 fully saturated rings. The summed E-state index contributed by atoms with van der Waals surface area (Å²) in [5.41, 5.74) is 2.32. The Labute approximate surface area is 173 Å². The van der Waals surface area contributed by atoms with Crippen LogP contribution in [0.2, 0.25) is 0 Å². The number of benzene rings is 3. The third kappa shape index (κ3) is 4.33.